The van der Waals surface area contributed by atoms with E-state index in [1.54, 1.807) is 24.3 Å². The van der Waals surface area contributed by atoms with Crippen LogP contribution >= 0.6 is 0 Å². The van der Waals surface area contributed by atoms with Crippen LogP contribution in [0.5, 0.6) is 5.75 Å². The van der Waals surface area contributed by atoms with Gasteiger partial charge in [-0.05, 0) is 56.2 Å². The number of hydrogen-bond donors (Lipinski definition) is 0. The minimum absolute atomic E-state index is 0.0218. The van der Waals surface area contributed by atoms with Gasteiger partial charge in [-0.25, -0.2) is 17.5 Å². The molecule has 172 valence electrons. The summed E-state index contributed by atoms with van der Waals surface area (Å²) < 4.78 is 37.2. The third-order valence-electron chi connectivity index (χ3n) is 5.46. The van der Waals surface area contributed by atoms with E-state index in [0.29, 0.717) is 22.6 Å². The summed E-state index contributed by atoms with van der Waals surface area (Å²) in [5, 5.41) is 0. The molecule has 2 aromatic carbocycles. The predicted octanol–water partition coefficient (Wildman–Crippen LogP) is 3.11. The number of Topliss-reactive ketones (excluding diaryl/α,β-unsaturated/α-hetero) is 1. The quantitative estimate of drug-likeness (QED) is 0.441. The van der Waals surface area contributed by atoms with Gasteiger partial charge in [0.15, 0.2) is 5.78 Å². The molecule has 0 unspecified atom stereocenters. The Bertz CT molecular complexity index is 1120. The summed E-state index contributed by atoms with van der Waals surface area (Å²) in [5.74, 6) is -0.261. The third-order valence-corrected chi connectivity index (χ3v) is 7.27. The van der Waals surface area contributed by atoms with Crippen molar-refractivity contribution in [2.45, 2.75) is 31.3 Å². The average Bonchev–Trinajstić information content (AvgIpc) is 3.31. The molecule has 9 heteroatoms. The molecule has 1 saturated heterocycles. The molecule has 0 aliphatic carbocycles. The number of anilines is 1. The minimum atomic E-state index is -3.72. The Morgan fingerprint density at radius 2 is 1.75 bits per heavy atom. The zero-order valence-corrected chi connectivity index (χ0v) is 19.6. The van der Waals surface area contributed by atoms with Gasteiger partial charge in [-0.3, -0.25) is 4.79 Å². The van der Waals surface area contributed by atoms with Crippen LogP contribution < -0.4 is 9.64 Å². The first-order valence-corrected chi connectivity index (χ1v) is 11.8. The Balaban J connectivity index is 1.94. The molecular weight excluding hydrogens is 432 g/mol. The summed E-state index contributed by atoms with van der Waals surface area (Å²) in [5.41, 5.74) is 1.87. The molecule has 0 bridgehead atoms. The number of esters is 1. The maximum Gasteiger partial charge on any atom is 0.340 e. The Kier molecular flexibility index (Phi) is 7.20. The lowest BCUT2D eigenvalue weighted by Crippen LogP contribution is -2.24. The van der Waals surface area contributed by atoms with Crippen molar-refractivity contribution in [2.75, 3.05) is 39.2 Å². The molecule has 8 nitrogen and oxygen atoms in total. The molecule has 0 aromatic heterocycles. The lowest BCUT2D eigenvalue weighted by atomic mass is 10.1. The van der Waals surface area contributed by atoms with Crippen LogP contribution in [0.4, 0.5) is 5.69 Å². The average molecular weight is 461 g/mol. The van der Waals surface area contributed by atoms with Gasteiger partial charge in [0.1, 0.15) is 12.4 Å². The fraction of sp³-hybridized carbons (Fsp3) is 0.391. The number of carbonyl (C=O) groups excluding carboxylic acids is 2. The second kappa shape index (κ2) is 9.70. The second-order valence-corrected chi connectivity index (χ2v) is 9.97. The number of carbonyl (C=O) groups is 2. The van der Waals surface area contributed by atoms with E-state index in [9.17, 15) is 18.0 Å². The van der Waals surface area contributed by atoms with Crippen LogP contribution in [0.3, 0.4) is 0 Å². The predicted molar refractivity (Wildman–Crippen MR) is 121 cm³/mol. The number of methoxy groups -OCH3 is 1. The van der Waals surface area contributed by atoms with Crippen molar-refractivity contribution in [2.24, 2.45) is 0 Å². The van der Waals surface area contributed by atoms with Crippen LogP contribution in [0.25, 0.3) is 0 Å². The van der Waals surface area contributed by atoms with Gasteiger partial charge in [-0.1, -0.05) is 0 Å². The number of benzene rings is 2. The fourth-order valence-electron chi connectivity index (χ4n) is 3.62. The number of sulfonamides is 1. The van der Waals surface area contributed by atoms with E-state index in [-0.39, 0.29) is 22.8 Å². The molecule has 0 spiro atoms. The molecule has 2 aromatic rings. The van der Waals surface area contributed by atoms with Crippen LogP contribution in [-0.4, -0.2) is 58.8 Å². The number of ketones is 1. The van der Waals surface area contributed by atoms with Crippen LogP contribution in [0.2, 0.25) is 0 Å². The third kappa shape index (κ3) is 4.94. The number of ether oxygens (including phenoxy) is 2. The zero-order valence-electron chi connectivity index (χ0n) is 18.8. The maximum atomic E-state index is 13.1. The van der Waals surface area contributed by atoms with E-state index >= 15 is 0 Å². The highest BCUT2D eigenvalue weighted by molar-refractivity contribution is 7.89. The summed E-state index contributed by atoms with van der Waals surface area (Å²) in [6.07, 6.45) is 2.00. The van der Waals surface area contributed by atoms with E-state index in [4.69, 9.17) is 9.47 Å². The van der Waals surface area contributed by atoms with Crippen molar-refractivity contribution in [3.63, 3.8) is 0 Å². The van der Waals surface area contributed by atoms with Crippen LogP contribution in [0.15, 0.2) is 41.3 Å². The second-order valence-electron chi connectivity index (χ2n) is 7.82. The zero-order chi connectivity index (χ0) is 23.5. The van der Waals surface area contributed by atoms with Gasteiger partial charge in [-0.15, -0.1) is 0 Å². The van der Waals surface area contributed by atoms with Crippen molar-refractivity contribution in [3.05, 3.63) is 53.1 Å². The molecule has 3 rings (SSSR count). The standard InChI is InChI=1S/C23H28N2O6S/c1-16(26)17-7-10-22(30-4)18(13-17)15-31-23(27)20-14-19(32(28,29)24(2)3)8-9-21(20)25-11-5-6-12-25/h7-10,13-14H,5-6,11-12,15H2,1-4H3. The Labute approximate surface area is 188 Å². The van der Waals surface area contributed by atoms with Crippen molar-refractivity contribution < 1.29 is 27.5 Å². The largest absolute Gasteiger partial charge is 0.496 e. The maximum absolute atomic E-state index is 13.1. The van der Waals surface area contributed by atoms with Crippen molar-refractivity contribution in [3.8, 4) is 5.75 Å². The van der Waals surface area contributed by atoms with E-state index in [2.05, 4.69) is 4.90 Å². The van der Waals surface area contributed by atoms with Crippen LogP contribution in [0, 0.1) is 0 Å². The topological polar surface area (TPSA) is 93.2 Å². The van der Waals surface area contributed by atoms with Crippen molar-refractivity contribution in [1.82, 2.24) is 4.31 Å². The highest BCUT2D eigenvalue weighted by Gasteiger charge is 2.25. The first-order valence-electron chi connectivity index (χ1n) is 10.3. The summed E-state index contributed by atoms with van der Waals surface area (Å²) in [7, 11) is 0.660. The summed E-state index contributed by atoms with van der Waals surface area (Å²) in [4.78, 5) is 26.9. The Hall–Kier alpha value is -2.91. The number of nitrogens with zero attached hydrogens (tertiary/aromatic N) is 2. The molecule has 0 saturated carbocycles. The van der Waals surface area contributed by atoms with Gasteiger partial charge in [-0.2, -0.15) is 0 Å². The molecule has 1 heterocycles. The smallest absolute Gasteiger partial charge is 0.340 e. The molecule has 0 atom stereocenters. The SMILES string of the molecule is COc1ccc(C(C)=O)cc1COC(=O)c1cc(S(=O)(=O)N(C)C)ccc1N1CCCC1. The minimum Gasteiger partial charge on any atom is -0.496 e. The molecule has 0 radical (unpaired) electrons. The van der Waals surface area contributed by atoms with Crippen LogP contribution in [0.1, 0.15) is 46.0 Å². The van der Waals surface area contributed by atoms with Gasteiger partial charge >= 0.3 is 5.97 Å². The van der Waals surface area contributed by atoms with E-state index in [1.165, 1.54) is 40.3 Å². The van der Waals surface area contributed by atoms with Gasteiger partial charge in [0, 0.05) is 38.3 Å². The summed E-state index contributed by atoms with van der Waals surface area (Å²) >= 11 is 0. The van der Waals surface area contributed by atoms with Gasteiger partial charge < -0.3 is 14.4 Å². The normalized spacial score (nSPS) is 14.0. The van der Waals surface area contributed by atoms with Crippen molar-refractivity contribution >= 4 is 27.5 Å². The summed E-state index contributed by atoms with van der Waals surface area (Å²) in [6, 6.07) is 9.47. The Morgan fingerprint density at radius 3 is 2.34 bits per heavy atom. The first-order chi connectivity index (χ1) is 15.1. The fourth-order valence-corrected chi connectivity index (χ4v) is 4.54. The lowest BCUT2D eigenvalue weighted by Gasteiger charge is -2.22. The number of hydrogen-bond acceptors (Lipinski definition) is 7. The monoisotopic (exact) mass is 460 g/mol. The van der Waals surface area contributed by atoms with E-state index < -0.39 is 16.0 Å². The molecule has 1 fully saturated rings. The molecule has 1 aliphatic heterocycles. The van der Waals surface area contributed by atoms with Crippen molar-refractivity contribution in [1.29, 1.82) is 0 Å². The summed E-state index contributed by atoms with van der Waals surface area (Å²) in [6.45, 7) is 2.91. The highest BCUT2D eigenvalue weighted by atomic mass is 32.2. The molecule has 0 N–H and O–H groups in total. The highest BCUT2D eigenvalue weighted by Crippen LogP contribution is 2.29. The molecular formula is C23H28N2O6S. The molecule has 1 aliphatic rings. The van der Waals surface area contributed by atoms with E-state index in [0.717, 1.165) is 30.2 Å². The van der Waals surface area contributed by atoms with Crippen LogP contribution in [-0.2, 0) is 21.4 Å². The van der Waals surface area contributed by atoms with Gasteiger partial charge in [0.25, 0.3) is 0 Å². The lowest BCUT2D eigenvalue weighted by molar-refractivity contribution is 0.0470. The first kappa shape index (κ1) is 23.7. The molecule has 32 heavy (non-hydrogen) atoms. The number of rotatable bonds is 8. The van der Waals surface area contributed by atoms with Gasteiger partial charge in [0.05, 0.1) is 23.3 Å². The Morgan fingerprint density at radius 1 is 1.06 bits per heavy atom. The molecule has 0 amide bonds. The van der Waals surface area contributed by atoms with Gasteiger partial charge in [0.2, 0.25) is 10.0 Å². The van der Waals surface area contributed by atoms with E-state index in [1.807, 2.05) is 0 Å².